The number of amides is 1. The summed E-state index contributed by atoms with van der Waals surface area (Å²) in [6, 6.07) is 16.0. The number of carbonyl (C=O) groups is 1. The van der Waals surface area contributed by atoms with Gasteiger partial charge in [0, 0.05) is 18.9 Å². The van der Waals surface area contributed by atoms with Crippen LogP contribution in [0.3, 0.4) is 0 Å². The van der Waals surface area contributed by atoms with Crippen LogP contribution in [0.5, 0.6) is 0 Å². The Morgan fingerprint density at radius 2 is 1.77 bits per heavy atom. The van der Waals surface area contributed by atoms with Gasteiger partial charge in [-0.05, 0) is 60.9 Å². The molecule has 0 aliphatic carbocycles. The molecule has 30 heavy (non-hydrogen) atoms. The van der Waals surface area contributed by atoms with E-state index in [1.165, 1.54) is 12.1 Å². The molecule has 2 heterocycles. The van der Waals surface area contributed by atoms with Crippen molar-refractivity contribution in [3.8, 4) is 11.4 Å². The van der Waals surface area contributed by atoms with Gasteiger partial charge >= 0.3 is 0 Å². The first-order valence-corrected chi connectivity index (χ1v) is 9.85. The Morgan fingerprint density at radius 3 is 2.43 bits per heavy atom. The number of hydrogen-bond donors (Lipinski definition) is 1. The lowest BCUT2D eigenvalue weighted by molar-refractivity contribution is 0.0953. The lowest BCUT2D eigenvalue weighted by atomic mass is 10.1. The van der Waals surface area contributed by atoms with E-state index in [0.717, 1.165) is 29.1 Å². The molecule has 0 aliphatic rings. The summed E-state index contributed by atoms with van der Waals surface area (Å²) in [5.41, 5.74) is 4.18. The van der Waals surface area contributed by atoms with Gasteiger partial charge in [-0.25, -0.2) is 13.8 Å². The van der Waals surface area contributed by atoms with Crippen LogP contribution in [0.25, 0.3) is 11.4 Å². The maximum atomic E-state index is 13.2. The standard InChI is InChI=1S/C23H22FN5O/c1-2-22-21(16-27-29(22)20-10-6-18(24)7-11-20)23(30)25-14-12-17-4-8-19(9-5-17)28-15-3-13-26-28/h3-11,13,15-16H,2,12,14H2,1H3,(H,25,30). The summed E-state index contributed by atoms with van der Waals surface area (Å²) in [6.07, 6.45) is 6.56. The highest BCUT2D eigenvalue weighted by atomic mass is 19.1. The summed E-state index contributed by atoms with van der Waals surface area (Å²) in [5, 5.41) is 11.5. The molecule has 0 bridgehead atoms. The maximum absolute atomic E-state index is 13.2. The largest absolute Gasteiger partial charge is 0.352 e. The molecule has 4 rings (SSSR count). The average Bonchev–Trinajstić information content (AvgIpc) is 3.45. The first kappa shape index (κ1) is 19.6. The number of halogens is 1. The molecule has 1 N–H and O–H groups in total. The van der Waals surface area contributed by atoms with Gasteiger partial charge in [-0.15, -0.1) is 0 Å². The molecular weight excluding hydrogens is 381 g/mol. The number of hydrogen-bond acceptors (Lipinski definition) is 3. The fraction of sp³-hybridized carbons (Fsp3) is 0.174. The Balaban J connectivity index is 1.39. The van der Waals surface area contributed by atoms with Gasteiger partial charge in [0.1, 0.15) is 5.82 Å². The van der Waals surface area contributed by atoms with Crippen LogP contribution in [-0.4, -0.2) is 32.0 Å². The van der Waals surface area contributed by atoms with Crippen molar-refractivity contribution in [3.05, 3.63) is 95.8 Å². The number of nitrogens with zero attached hydrogens (tertiary/aromatic N) is 4. The van der Waals surface area contributed by atoms with E-state index >= 15 is 0 Å². The summed E-state index contributed by atoms with van der Waals surface area (Å²) in [6.45, 7) is 2.49. The summed E-state index contributed by atoms with van der Waals surface area (Å²) < 4.78 is 16.7. The first-order chi connectivity index (χ1) is 14.7. The fourth-order valence-electron chi connectivity index (χ4n) is 3.36. The van der Waals surface area contributed by atoms with Crippen molar-refractivity contribution >= 4 is 5.91 Å². The number of nitrogens with one attached hydrogen (secondary N) is 1. The molecule has 152 valence electrons. The van der Waals surface area contributed by atoms with Crippen LogP contribution in [0.1, 0.15) is 28.5 Å². The molecule has 0 aliphatic heterocycles. The van der Waals surface area contributed by atoms with E-state index in [2.05, 4.69) is 15.5 Å². The Kier molecular flexibility index (Phi) is 5.70. The number of carbonyl (C=O) groups excluding carboxylic acids is 1. The van der Waals surface area contributed by atoms with Gasteiger partial charge in [-0.2, -0.15) is 10.2 Å². The van der Waals surface area contributed by atoms with Gasteiger partial charge in [0.25, 0.3) is 5.91 Å². The molecule has 2 aromatic carbocycles. The van der Waals surface area contributed by atoms with E-state index in [0.29, 0.717) is 18.5 Å². The SMILES string of the molecule is CCc1c(C(=O)NCCc2ccc(-n3cccn3)cc2)cnn1-c1ccc(F)cc1. The van der Waals surface area contributed by atoms with Crippen LogP contribution in [0.4, 0.5) is 4.39 Å². The Hall–Kier alpha value is -3.74. The van der Waals surface area contributed by atoms with Crippen molar-refractivity contribution in [2.75, 3.05) is 6.54 Å². The van der Waals surface area contributed by atoms with E-state index in [1.54, 1.807) is 33.9 Å². The van der Waals surface area contributed by atoms with Crippen molar-refractivity contribution < 1.29 is 9.18 Å². The van der Waals surface area contributed by atoms with Gasteiger partial charge in [0.15, 0.2) is 0 Å². The lowest BCUT2D eigenvalue weighted by Crippen LogP contribution is -2.26. The van der Waals surface area contributed by atoms with Crippen LogP contribution in [-0.2, 0) is 12.8 Å². The molecule has 2 aromatic heterocycles. The van der Waals surface area contributed by atoms with Crippen molar-refractivity contribution in [1.82, 2.24) is 24.9 Å². The van der Waals surface area contributed by atoms with Gasteiger partial charge < -0.3 is 5.32 Å². The number of aromatic nitrogens is 4. The molecule has 0 spiro atoms. The summed E-state index contributed by atoms with van der Waals surface area (Å²) in [4.78, 5) is 12.7. The highest BCUT2D eigenvalue weighted by Gasteiger charge is 2.17. The van der Waals surface area contributed by atoms with Gasteiger partial charge in [0.2, 0.25) is 0 Å². The molecular formula is C23H22FN5O. The van der Waals surface area contributed by atoms with E-state index in [9.17, 15) is 9.18 Å². The second kappa shape index (κ2) is 8.73. The van der Waals surface area contributed by atoms with Crippen molar-refractivity contribution in [2.24, 2.45) is 0 Å². The molecule has 0 fully saturated rings. The third-order valence-electron chi connectivity index (χ3n) is 4.92. The minimum Gasteiger partial charge on any atom is -0.352 e. The van der Waals surface area contributed by atoms with Crippen LogP contribution in [0.15, 0.2) is 73.2 Å². The van der Waals surface area contributed by atoms with Crippen LogP contribution < -0.4 is 5.32 Å². The summed E-state index contributed by atoms with van der Waals surface area (Å²) >= 11 is 0. The quantitative estimate of drug-likeness (QED) is 0.511. The predicted octanol–water partition coefficient (Wildman–Crippen LogP) is 3.73. The van der Waals surface area contributed by atoms with Crippen LogP contribution in [0.2, 0.25) is 0 Å². The zero-order chi connectivity index (χ0) is 20.9. The Morgan fingerprint density at radius 1 is 1.03 bits per heavy atom. The van der Waals surface area contributed by atoms with Crippen LogP contribution >= 0.6 is 0 Å². The summed E-state index contributed by atoms with van der Waals surface area (Å²) in [5.74, 6) is -0.465. The monoisotopic (exact) mass is 403 g/mol. The highest BCUT2D eigenvalue weighted by molar-refractivity contribution is 5.95. The Bertz CT molecular complexity index is 1120. The molecule has 1 amide bonds. The predicted molar refractivity (Wildman–Crippen MR) is 113 cm³/mol. The first-order valence-electron chi connectivity index (χ1n) is 9.85. The second-order valence-corrected chi connectivity index (χ2v) is 6.87. The molecule has 0 saturated carbocycles. The Labute approximate surface area is 174 Å². The topological polar surface area (TPSA) is 64.7 Å². The molecule has 0 radical (unpaired) electrons. The molecule has 0 saturated heterocycles. The van der Waals surface area contributed by atoms with Gasteiger partial charge in [0.05, 0.1) is 28.8 Å². The van der Waals surface area contributed by atoms with Crippen molar-refractivity contribution in [2.45, 2.75) is 19.8 Å². The minimum absolute atomic E-state index is 0.159. The zero-order valence-corrected chi connectivity index (χ0v) is 16.6. The van der Waals surface area contributed by atoms with E-state index < -0.39 is 0 Å². The number of rotatable bonds is 7. The highest BCUT2D eigenvalue weighted by Crippen LogP contribution is 2.16. The fourth-order valence-corrected chi connectivity index (χ4v) is 3.36. The zero-order valence-electron chi connectivity index (χ0n) is 16.6. The molecule has 7 heteroatoms. The third-order valence-corrected chi connectivity index (χ3v) is 4.92. The molecule has 6 nitrogen and oxygen atoms in total. The maximum Gasteiger partial charge on any atom is 0.254 e. The van der Waals surface area contributed by atoms with Gasteiger partial charge in [-0.1, -0.05) is 19.1 Å². The minimum atomic E-state index is -0.306. The molecule has 0 atom stereocenters. The average molecular weight is 403 g/mol. The van der Waals surface area contributed by atoms with Gasteiger partial charge in [-0.3, -0.25) is 4.79 Å². The molecule has 0 unspecified atom stereocenters. The van der Waals surface area contributed by atoms with Crippen molar-refractivity contribution in [3.63, 3.8) is 0 Å². The van der Waals surface area contributed by atoms with Crippen molar-refractivity contribution in [1.29, 1.82) is 0 Å². The van der Waals surface area contributed by atoms with E-state index in [4.69, 9.17) is 0 Å². The summed E-state index contributed by atoms with van der Waals surface area (Å²) in [7, 11) is 0. The van der Waals surface area contributed by atoms with E-state index in [1.807, 2.05) is 43.5 Å². The smallest absolute Gasteiger partial charge is 0.254 e. The second-order valence-electron chi connectivity index (χ2n) is 6.87. The third kappa shape index (κ3) is 4.15. The van der Waals surface area contributed by atoms with Crippen LogP contribution in [0, 0.1) is 5.82 Å². The molecule has 4 aromatic rings. The number of benzene rings is 2. The normalized spacial score (nSPS) is 10.9. The lowest BCUT2D eigenvalue weighted by Gasteiger charge is -2.09. The van der Waals surface area contributed by atoms with E-state index in [-0.39, 0.29) is 11.7 Å².